The zero-order valence-electron chi connectivity index (χ0n) is 12.4. The Morgan fingerprint density at radius 1 is 1.23 bits per heavy atom. The first-order valence-electron chi connectivity index (χ1n) is 7.48. The summed E-state index contributed by atoms with van der Waals surface area (Å²) >= 11 is 0. The third kappa shape index (κ3) is 5.34. The van der Waals surface area contributed by atoms with Gasteiger partial charge in [-0.15, -0.1) is 0 Å². The van der Waals surface area contributed by atoms with Gasteiger partial charge in [0.15, 0.2) is 0 Å². The average molecular weight is 327 g/mol. The molecule has 0 radical (unpaired) electrons. The van der Waals surface area contributed by atoms with Gasteiger partial charge in [-0.1, -0.05) is 32.1 Å². The van der Waals surface area contributed by atoms with Crippen molar-refractivity contribution in [2.75, 3.05) is 5.75 Å². The van der Waals surface area contributed by atoms with E-state index < -0.39 is 16.0 Å². The molecule has 0 bridgehead atoms. The molecule has 1 saturated carbocycles. The van der Waals surface area contributed by atoms with Crippen molar-refractivity contribution in [2.24, 2.45) is 5.92 Å². The molecule has 1 aliphatic carbocycles. The van der Waals surface area contributed by atoms with Crippen LogP contribution in [-0.4, -0.2) is 35.2 Å². The van der Waals surface area contributed by atoms with Crippen LogP contribution in [0.25, 0.3) is 0 Å². The van der Waals surface area contributed by atoms with E-state index in [1.165, 1.54) is 31.7 Å². The molecule has 1 heterocycles. The Hall–Kier alpha value is -1.54. The second-order valence-corrected chi connectivity index (χ2v) is 7.55. The Labute approximate surface area is 130 Å². The Morgan fingerprint density at radius 2 is 1.86 bits per heavy atom. The number of nitrogens with one attached hydrogen (secondary N) is 1. The molecule has 122 valence electrons. The first-order valence-corrected chi connectivity index (χ1v) is 9.13. The quantitative estimate of drug-likeness (QED) is 0.786. The SMILES string of the molecule is O=C(O)c1cnc(CNS(=O)(=O)CCC2CCCCC2)nc1. The van der Waals surface area contributed by atoms with Crippen LogP contribution in [0.5, 0.6) is 0 Å². The average Bonchev–Trinajstić information content (AvgIpc) is 2.53. The zero-order valence-corrected chi connectivity index (χ0v) is 13.2. The molecule has 22 heavy (non-hydrogen) atoms. The van der Waals surface area contributed by atoms with Gasteiger partial charge in [-0.3, -0.25) is 0 Å². The molecule has 1 aliphatic rings. The standard InChI is InChI=1S/C14H21N3O4S/c18-14(19)12-8-15-13(16-9-12)10-17-22(20,21)7-6-11-4-2-1-3-5-11/h8-9,11,17H,1-7,10H2,(H,18,19). The van der Waals surface area contributed by atoms with Crippen LogP contribution in [0.2, 0.25) is 0 Å². The number of carboxylic acid groups (broad SMARTS) is 1. The van der Waals surface area contributed by atoms with Gasteiger partial charge >= 0.3 is 5.97 Å². The summed E-state index contributed by atoms with van der Waals surface area (Å²) in [6.07, 6.45) is 8.91. The molecule has 1 fully saturated rings. The van der Waals surface area contributed by atoms with Crippen LogP contribution in [0.4, 0.5) is 0 Å². The predicted molar refractivity (Wildman–Crippen MR) is 80.8 cm³/mol. The first kappa shape index (κ1) is 16.8. The van der Waals surface area contributed by atoms with Crippen LogP contribution in [0.3, 0.4) is 0 Å². The van der Waals surface area contributed by atoms with Crippen molar-refractivity contribution >= 4 is 16.0 Å². The summed E-state index contributed by atoms with van der Waals surface area (Å²) in [7, 11) is -3.35. The van der Waals surface area contributed by atoms with Crippen LogP contribution in [-0.2, 0) is 16.6 Å². The smallest absolute Gasteiger partial charge is 0.338 e. The van der Waals surface area contributed by atoms with E-state index in [4.69, 9.17) is 5.11 Å². The van der Waals surface area contributed by atoms with Crippen molar-refractivity contribution in [1.29, 1.82) is 0 Å². The molecule has 0 aromatic carbocycles. The van der Waals surface area contributed by atoms with Crippen LogP contribution in [0, 0.1) is 5.92 Å². The molecule has 0 aliphatic heterocycles. The maximum atomic E-state index is 12.0. The van der Waals surface area contributed by atoms with Gasteiger partial charge in [0.25, 0.3) is 0 Å². The first-order chi connectivity index (χ1) is 10.5. The Kier molecular flexibility index (Phi) is 5.84. The zero-order chi connectivity index (χ0) is 16.0. The number of carboxylic acids is 1. The van der Waals surface area contributed by atoms with E-state index in [2.05, 4.69) is 14.7 Å². The van der Waals surface area contributed by atoms with Gasteiger partial charge in [0.05, 0.1) is 17.9 Å². The number of aromatic carboxylic acids is 1. The molecule has 1 aromatic rings. The Bertz CT molecular complexity index is 595. The number of hydrogen-bond donors (Lipinski definition) is 2. The molecular formula is C14H21N3O4S. The second-order valence-electron chi connectivity index (χ2n) is 5.63. The van der Waals surface area contributed by atoms with Gasteiger partial charge in [-0.25, -0.2) is 27.9 Å². The summed E-state index contributed by atoms with van der Waals surface area (Å²) in [4.78, 5) is 18.3. The van der Waals surface area contributed by atoms with E-state index in [1.54, 1.807) is 0 Å². The number of aromatic nitrogens is 2. The van der Waals surface area contributed by atoms with Gasteiger partial charge in [-0.2, -0.15) is 0 Å². The summed E-state index contributed by atoms with van der Waals surface area (Å²) in [6.45, 7) is -0.0209. The van der Waals surface area contributed by atoms with Crippen molar-refractivity contribution < 1.29 is 18.3 Å². The van der Waals surface area contributed by atoms with Gasteiger partial charge in [0, 0.05) is 12.4 Å². The lowest BCUT2D eigenvalue weighted by Crippen LogP contribution is -2.28. The minimum atomic E-state index is -3.35. The second kappa shape index (κ2) is 7.64. The number of nitrogens with zero attached hydrogens (tertiary/aromatic N) is 2. The summed E-state index contributed by atoms with van der Waals surface area (Å²) in [5, 5.41) is 8.74. The van der Waals surface area contributed by atoms with Crippen LogP contribution in [0.15, 0.2) is 12.4 Å². The van der Waals surface area contributed by atoms with Crippen LogP contribution < -0.4 is 4.72 Å². The van der Waals surface area contributed by atoms with Crippen molar-refractivity contribution in [3.8, 4) is 0 Å². The van der Waals surface area contributed by atoms with Gasteiger partial charge in [-0.05, 0) is 12.3 Å². The maximum Gasteiger partial charge on any atom is 0.338 e. The molecular weight excluding hydrogens is 306 g/mol. The van der Waals surface area contributed by atoms with Gasteiger partial charge < -0.3 is 5.11 Å². The summed E-state index contributed by atoms with van der Waals surface area (Å²) in [5.41, 5.74) is -0.0242. The topological polar surface area (TPSA) is 109 Å². The molecule has 0 amide bonds. The number of rotatable bonds is 7. The largest absolute Gasteiger partial charge is 0.478 e. The monoisotopic (exact) mass is 327 g/mol. The van der Waals surface area contributed by atoms with Crippen molar-refractivity contribution in [2.45, 2.75) is 45.1 Å². The van der Waals surface area contributed by atoms with Crippen molar-refractivity contribution in [3.63, 3.8) is 0 Å². The summed E-state index contributed by atoms with van der Waals surface area (Å²) in [6, 6.07) is 0. The molecule has 0 unspecified atom stereocenters. The number of hydrogen-bond acceptors (Lipinski definition) is 5. The molecule has 8 heteroatoms. The molecule has 2 N–H and O–H groups in total. The third-order valence-electron chi connectivity index (χ3n) is 3.92. The minimum Gasteiger partial charge on any atom is -0.478 e. The van der Waals surface area contributed by atoms with E-state index in [1.807, 2.05) is 0 Å². The van der Waals surface area contributed by atoms with Crippen LogP contribution >= 0.6 is 0 Å². The molecule has 0 atom stereocenters. The molecule has 0 saturated heterocycles. The lowest BCUT2D eigenvalue weighted by Gasteiger charge is -2.21. The van der Waals surface area contributed by atoms with Crippen LogP contribution in [0.1, 0.15) is 54.7 Å². The van der Waals surface area contributed by atoms with E-state index in [-0.39, 0.29) is 23.7 Å². The lowest BCUT2D eigenvalue weighted by molar-refractivity contribution is 0.0696. The normalized spacial score (nSPS) is 16.5. The highest BCUT2D eigenvalue weighted by atomic mass is 32.2. The highest BCUT2D eigenvalue weighted by Crippen LogP contribution is 2.26. The minimum absolute atomic E-state index is 0.0209. The molecule has 2 rings (SSSR count). The lowest BCUT2D eigenvalue weighted by atomic mass is 9.88. The fourth-order valence-electron chi connectivity index (χ4n) is 2.60. The van der Waals surface area contributed by atoms with Gasteiger partial charge in [0.1, 0.15) is 5.82 Å². The maximum absolute atomic E-state index is 12.0. The predicted octanol–water partition coefficient (Wildman–Crippen LogP) is 1.56. The van der Waals surface area contributed by atoms with E-state index in [0.717, 1.165) is 12.8 Å². The molecule has 0 spiro atoms. The van der Waals surface area contributed by atoms with Crippen molar-refractivity contribution in [1.82, 2.24) is 14.7 Å². The van der Waals surface area contributed by atoms with Gasteiger partial charge in [0.2, 0.25) is 10.0 Å². The Balaban J connectivity index is 1.79. The molecule has 7 nitrogen and oxygen atoms in total. The fourth-order valence-corrected chi connectivity index (χ4v) is 3.74. The van der Waals surface area contributed by atoms with E-state index >= 15 is 0 Å². The summed E-state index contributed by atoms with van der Waals surface area (Å²) in [5.74, 6) is -0.229. The highest BCUT2D eigenvalue weighted by molar-refractivity contribution is 7.89. The fraction of sp³-hybridized carbons (Fsp3) is 0.643. The third-order valence-corrected chi connectivity index (χ3v) is 5.28. The highest BCUT2D eigenvalue weighted by Gasteiger charge is 2.18. The Morgan fingerprint density at radius 3 is 2.45 bits per heavy atom. The number of sulfonamides is 1. The van der Waals surface area contributed by atoms with E-state index in [9.17, 15) is 13.2 Å². The molecule has 1 aromatic heterocycles. The summed E-state index contributed by atoms with van der Waals surface area (Å²) < 4.78 is 26.4. The number of carbonyl (C=O) groups is 1. The van der Waals surface area contributed by atoms with Crippen molar-refractivity contribution in [3.05, 3.63) is 23.8 Å². The van der Waals surface area contributed by atoms with E-state index in [0.29, 0.717) is 12.3 Å².